The first kappa shape index (κ1) is 24.9. The number of pyridine rings is 1. The number of sulfone groups is 1. The van der Waals surface area contributed by atoms with Gasteiger partial charge in [-0.1, -0.05) is 86.0 Å². The van der Waals surface area contributed by atoms with E-state index < -0.39 is 9.84 Å². The molecule has 0 saturated carbocycles. The summed E-state index contributed by atoms with van der Waals surface area (Å²) in [4.78, 5) is 10.5. The van der Waals surface area contributed by atoms with E-state index in [-0.39, 0.29) is 16.7 Å². The van der Waals surface area contributed by atoms with Gasteiger partial charge in [-0.05, 0) is 42.0 Å². The minimum absolute atomic E-state index is 0.0899. The Labute approximate surface area is 257 Å². The summed E-state index contributed by atoms with van der Waals surface area (Å²) in [5.41, 5.74) is 7.18. The second-order valence-electron chi connectivity index (χ2n) is 12.0. The van der Waals surface area contributed by atoms with Gasteiger partial charge in [0.2, 0.25) is 9.84 Å². The highest BCUT2D eigenvalue weighted by molar-refractivity contribution is 7.95. The molecule has 45 heavy (non-hydrogen) atoms. The van der Waals surface area contributed by atoms with Gasteiger partial charge in [0.1, 0.15) is 11.5 Å². The lowest BCUT2D eigenvalue weighted by molar-refractivity contribution is 0.594. The molecule has 10 rings (SSSR count). The fourth-order valence-electron chi connectivity index (χ4n) is 7.83. The number of hydrogen-bond acceptors (Lipinski definition) is 4. The van der Waals surface area contributed by atoms with Crippen LogP contribution in [0.1, 0.15) is 5.82 Å². The summed E-state index contributed by atoms with van der Waals surface area (Å²) < 4.78 is 33.8. The molecule has 1 aliphatic heterocycles. The first-order chi connectivity index (χ1) is 21.9. The Hall–Kier alpha value is -5.53. The van der Waals surface area contributed by atoms with Crippen LogP contribution in [0.3, 0.4) is 0 Å². The van der Waals surface area contributed by atoms with Crippen molar-refractivity contribution in [3.05, 3.63) is 137 Å². The Morgan fingerprint density at radius 2 is 1.51 bits per heavy atom. The van der Waals surface area contributed by atoms with Crippen LogP contribution in [0, 0.1) is 11.8 Å². The van der Waals surface area contributed by atoms with Gasteiger partial charge in [0.05, 0.1) is 31.9 Å². The van der Waals surface area contributed by atoms with Crippen LogP contribution in [0.5, 0.6) is 0 Å². The predicted molar refractivity (Wildman–Crippen MR) is 181 cm³/mol. The van der Waals surface area contributed by atoms with Crippen molar-refractivity contribution >= 4 is 76.9 Å². The van der Waals surface area contributed by atoms with Crippen LogP contribution in [0.25, 0.3) is 67.1 Å². The molecule has 0 spiro atoms. The molecule has 7 heteroatoms. The van der Waals surface area contributed by atoms with Crippen LogP contribution in [0.2, 0.25) is 0 Å². The third kappa shape index (κ3) is 3.01. The monoisotopic (exact) mass is 600 g/mol. The highest BCUT2D eigenvalue weighted by Gasteiger charge is 2.43. The van der Waals surface area contributed by atoms with Crippen LogP contribution in [0.15, 0.2) is 131 Å². The molecule has 2 unspecified atom stereocenters. The topological polar surface area (TPSA) is 69.3 Å². The van der Waals surface area contributed by atoms with E-state index >= 15 is 0 Å². The number of nitrogens with zero attached hydrogens (tertiary/aromatic N) is 4. The molecule has 0 saturated heterocycles. The number of hydrogen-bond donors (Lipinski definition) is 0. The van der Waals surface area contributed by atoms with Crippen LogP contribution >= 0.6 is 0 Å². The van der Waals surface area contributed by atoms with Gasteiger partial charge in [-0.2, -0.15) is 0 Å². The zero-order valence-electron chi connectivity index (χ0n) is 24.0. The molecule has 214 valence electrons. The molecule has 4 heterocycles. The second-order valence-corrected chi connectivity index (χ2v) is 13.8. The zero-order chi connectivity index (χ0) is 30.2. The molecule has 7 aromatic rings. The minimum Gasteiger partial charge on any atom is -0.296 e. The average Bonchev–Trinajstić information content (AvgIpc) is 3.65. The molecule has 0 amide bonds. The van der Waals surface area contributed by atoms with Gasteiger partial charge in [0.15, 0.2) is 0 Å². The van der Waals surface area contributed by atoms with Crippen LogP contribution < -0.4 is 5.35 Å². The molecular weight excluding hydrogens is 577 g/mol. The summed E-state index contributed by atoms with van der Waals surface area (Å²) >= 11 is 0. The number of imidazole rings is 2. The number of benzene rings is 4. The number of fused-ring (bicyclic) bond motifs is 8. The maximum atomic E-state index is 14.8. The van der Waals surface area contributed by atoms with Crippen molar-refractivity contribution in [2.24, 2.45) is 11.8 Å². The Morgan fingerprint density at radius 1 is 0.756 bits per heavy atom. The standard InChI is InChI=1S/C38H24N4O2S/c1-21-23-17-19-33(25-9-7-11-27(35(23)25)37-39-29-13-3-5-15-31(29)41(21)37)45(43,44)34-20-18-24-22(2)42-32-16-6-4-14-30(32)40-38(42)28-12-8-10-26(34)36(24)28/h3-20,23,35H,1-2H2. The van der Waals surface area contributed by atoms with E-state index in [4.69, 9.17) is 9.97 Å². The Balaban J connectivity index is 1.21. The number of para-hydroxylation sites is 4. The first-order valence-corrected chi connectivity index (χ1v) is 16.4. The Kier molecular flexibility index (Phi) is 4.61. The normalized spacial score (nSPS) is 19.3. The fourth-order valence-corrected chi connectivity index (χ4v) is 9.54. The number of rotatable bonds is 2. The molecule has 6 nitrogen and oxygen atoms in total. The molecule has 3 aliphatic rings. The van der Waals surface area contributed by atoms with Gasteiger partial charge in [-0.25, -0.2) is 18.4 Å². The van der Waals surface area contributed by atoms with E-state index in [0.717, 1.165) is 71.9 Å². The minimum atomic E-state index is -3.95. The molecule has 0 N–H and O–H groups in total. The van der Waals surface area contributed by atoms with Crippen molar-refractivity contribution in [2.75, 3.05) is 0 Å². The van der Waals surface area contributed by atoms with Crippen molar-refractivity contribution in [3.63, 3.8) is 0 Å². The number of aromatic nitrogens is 4. The van der Waals surface area contributed by atoms with Crippen LogP contribution in [-0.4, -0.2) is 27.4 Å². The fraction of sp³-hybridized carbons (Fsp3) is 0.0526. The summed E-state index contributed by atoms with van der Waals surface area (Å²) in [7, 11) is -3.95. The Bertz CT molecular complexity index is 2830. The summed E-state index contributed by atoms with van der Waals surface area (Å²) in [5.74, 6) is 0.536. The quantitative estimate of drug-likeness (QED) is 0.210. The molecule has 0 radical (unpaired) electrons. The van der Waals surface area contributed by atoms with E-state index in [1.54, 1.807) is 12.1 Å². The number of allylic oxidation sites excluding steroid dienone is 8. The third-order valence-electron chi connectivity index (χ3n) is 9.77. The SMILES string of the molecule is C=C1C2C=CC(S(=O)(=O)c3ccc4c(=C)n5c6ccccc6nc5c5cccc3c45)=C3C=CC=C(c4nc5ccccc5n41)C32. The van der Waals surface area contributed by atoms with Gasteiger partial charge in [-0.15, -0.1) is 0 Å². The molecule has 2 aliphatic carbocycles. The molecule has 0 bridgehead atoms. The van der Waals surface area contributed by atoms with E-state index in [1.807, 2.05) is 85.0 Å². The van der Waals surface area contributed by atoms with E-state index in [1.165, 1.54) is 0 Å². The van der Waals surface area contributed by atoms with Crippen molar-refractivity contribution in [1.29, 1.82) is 0 Å². The van der Waals surface area contributed by atoms with Crippen molar-refractivity contribution in [2.45, 2.75) is 4.90 Å². The highest BCUT2D eigenvalue weighted by Crippen LogP contribution is 2.52. The molecule has 4 aromatic carbocycles. The molecule has 2 atom stereocenters. The lowest BCUT2D eigenvalue weighted by Gasteiger charge is -2.39. The van der Waals surface area contributed by atoms with Gasteiger partial charge in [0, 0.05) is 50.0 Å². The van der Waals surface area contributed by atoms with E-state index in [0.29, 0.717) is 10.3 Å². The highest BCUT2D eigenvalue weighted by atomic mass is 32.2. The first-order valence-electron chi connectivity index (χ1n) is 14.9. The summed E-state index contributed by atoms with van der Waals surface area (Å²) in [6.45, 7) is 8.92. The Morgan fingerprint density at radius 3 is 2.36 bits per heavy atom. The van der Waals surface area contributed by atoms with Gasteiger partial charge in [-0.3, -0.25) is 8.97 Å². The largest absolute Gasteiger partial charge is 0.296 e. The lowest BCUT2D eigenvalue weighted by Crippen LogP contribution is -2.31. The average molecular weight is 601 g/mol. The lowest BCUT2D eigenvalue weighted by atomic mass is 9.71. The van der Waals surface area contributed by atoms with Crippen molar-refractivity contribution in [1.82, 2.24) is 18.9 Å². The van der Waals surface area contributed by atoms with Gasteiger partial charge >= 0.3 is 0 Å². The second kappa shape index (κ2) is 8.34. The third-order valence-corrected chi connectivity index (χ3v) is 11.7. The maximum absolute atomic E-state index is 14.8. The smallest absolute Gasteiger partial charge is 0.207 e. The van der Waals surface area contributed by atoms with Gasteiger partial charge in [0.25, 0.3) is 0 Å². The van der Waals surface area contributed by atoms with Crippen molar-refractivity contribution in [3.8, 4) is 0 Å². The molecule has 3 aromatic heterocycles. The van der Waals surface area contributed by atoms with E-state index in [9.17, 15) is 8.42 Å². The summed E-state index contributed by atoms with van der Waals surface area (Å²) in [6, 6.07) is 25.5. The van der Waals surface area contributed by atoms with Gasteiger partial charge < -0.3 is 0 Å². The zero-order valence-corrected chi connectivity index (χ0v) is 24.8. The predicted octanol–water partition coefficient (Wildman–Crippen LogP) is 7.24. The van der Waals surface area contributed by atoms with Crippen LogP contribution in [-0.2, 0) is 9.84 Å². The molecular formula is C38H24N4O2S. The maximum Gasteiger partial charge on any atom is 0.207 e. The van der Waals surface area contributed by atoms with Crippen molar-refractivity contribution < 1.29 is 8.42 Å². The molecule has 0 fully saturated rings. The summed E-state index contributed by atoms with van der Waals surface area (Å²) in [6.07, 6.45) is 9.73. The summed E-state index contributed by atoms with van der Waals surface area (Å²) in [5, 5.41) is 4.10. The van der Waals surface area contributed by atoms with Crippen LogP contribution in [0.4, 0.5) is 0 Å². The van der Waals surface area contributed by atoms with E-state index in [2.05, 4.69) is 34.3 Å².